The molecular formula is C26H21Br2NO. The number of nitrogens with zero attached hydrogens (tertiary/aromatic N) is 1. The molecule has 0 saturated carbocycles. The summed E-state index contributed by atoms with van der Waals surface area (Å²) in [5.41, 5.74) is 4.96. The summed E-state index contributed by atoms with van der Waals surface area (Å²) in [5, 5.41) is 0. The maximum absolute atomic E-state index is 13.3. The molecule has 1 aliphatic heterocycles. The number of carbonyl (C=O) groups excluding carboxylic acids is 1. The van der Waals surface area contributed by atoms with Crippen LogP contribution in [0.25, 0.3) is 12.2 Å². The lowest BCUT2D eigenvalue weighted by Gasteiger charge is -2.30. The Kier molecular flexibility index (Phi) is 6.78. The fourth-order valence-electron chi connectivity index (χ4n) is 3.58. The van der Waals surface area contributed by atoms with Gasteiger partial charge in [-0.1, -0.05) is 86.5 Å². The number of carbonyl (C=O) groups is 1. The summed E-state index contributed by atoms with van der Waals surface area (Å²) in [6, 6.07) is 26.5. The third-order valence-electron chi connectivity index (χ3n) is 5.04. The van der Waals surface area contributed by atoms with Crippen molar-refractivity contribution in [1.82, 2.24) is 4.90 Å². The molecule has 1 heterocycles. The molecular weight excluding hydrogens is 502 g/mol. The van der Waals surface area contributed by atoms with Gasteiger partial charge in [-0.15, -0.1) is 0 Å². The van der Waals surface area contributed by atoms with Gasteiger partial charge in [-0.2, -0.15) is 0 Å². The van der Waals surface area contributed by atoms with Crippen molar-refractivity contribution in [3.63, 3.8) is 0 Å². The molecule has 0 unspecified atom stereocenters. The molecule has 0 aliphatic carbocycles. The largest absolute Gasteiger partial charge is 0.290 e. The third-order valence-corrected chi connectivity index (χ3v) is 6.10. The molecule has 3 aromatic carbocycles. The van der Waals surface area contributed by atoms with Crippen molar-refractivity contribution in [2.75, 3.05) is 13.1 Å². The van der Waals surface area contributed by atoms with Gasteiger partial charge in [-0.25, -0.2) is 0 Å². The highest BCUT2D eigenvalue weighted by molar-refractivity contribution is 9.10. The van der Waals surface area contributed by atoms with Gasteiger partial charge in [0.1, 0.15) is 0 Å². The monoisotopic (exact) mass is 521 g/mol. The van der Waals surface area contributed by atoms with Crippen LogP contribution in [0, 0.1) is 0 Å². The third kappa shape index (κ3) is 5.45. The molecule has 0 N–H and O–H groups in total. The molecule has 0 bridgehead atoms. The summed E-state index contributed by atoms with van der Waals surface area (Å²) in [6.45, 7) is 2.09. The molecule has 0 aromatic heterocycles. The van der Waals surface area contributed by atoms with E-state index < -0.39 is 0 Å². The Balaban J connectivity index is 1.67. The molecule has 0 atom stereocenters. The highest BCUT2D eigenvalue weighted by Crippen LogP contribution is 2.24. The van der Waals surface area contributed by atoms with Gasteiger partial charge in [0.05, 0.1) is 0 Å². The lowest BCUT2D eigenvalue weighted by atomic mass is 9.94. The zero-order valence-corrected chi connectivity index (χ0v) is 19.6. The SMILES string of the molecule is O=C1/C(=C/c2ccc(Br)cc2)CN(Cc2ccccc2)C/C1=C\c1ccc(Br)cc1. The first-order valence-corrected chi connectivity index (χ1v) is 11.4. The molecule has 150 valence electrons. The van der Waals surface area contributed by atoms with Gasteiger partial charge in [-0.3, -0.25) is 9.69 Å². The molecule has 0 amide bonds. The van der Waals surface area contributed by atoms with Crippen molar-refractivity contribution in [1.29, 1.82) is 0 Å². The van der Waals surface area contributed by atoms with Crippen LogP contribution in [0.3, 0.4) is 0 Å². The lowest BCUT2D eigenvalue weighted by Crippen LogP contribution is -2.37. The second-order valence-electron chi connectivity index (χ2n) is 7.40. The molecule has 0 radical (unpaired) electrons. The summed E-state index contributed by atoms with van der Waals surface area (Å²) in [4.78, 5) is 15.6. The van der Waals surface area contributed by atoms with Crippen molar-refractivity contribution < 1.29 is 4.79 Å². The first kappa shape index (κ1) is 21.0. The van der Waals surface area contributed by atoms with Crippen LogP contribution < -0.4 is 0 Å². The molecule has 0 spiro atoms. The minimum absolute atomic E-state index is 0.130. The molecule has 30 heavy (non-hydrogen) atoms. The Labute approximate surface area is 194 Å². The number of ketones is 1. The van der Waals surface area contributed by atoms with E-state index in [-0.39, 0.29) is 5.78 Å². The van der Waals surface area contributed by atoms with Crippen LogP contribution in [0.5, 0.6) is 0 Å². The van der Waals surface area contributed by atoms with Gasteiger partial charge in [-0.05, 0) is 53.1 Å². The van der Waals surface area contributed by atoms with Crippen LogP contribution in [-0.4, -0.2) is 23.8 Å². The molecule has 1 aliphatic rings. The zero-order valence-electron chi connectivity index (χ0n) is 16.4. The molecule has 4 heteroatoms. The first-order chi connectivity index (χ1) is 14.6. The van der Waals surface area contributed by atoms with Crippen LogP contribution >= 0.6 is 31.9 Å². The van der Waals surface area contributed by atoms with E-state index in [1.165, 1.54) is 5.56 Å². The van der Waals surface area contributed by atoms with E-state index in [0.29, 0.717) is 13.1 Å². The fourth-order valence-corrected chi connectivity index (χ4v) is 4.11. The number of halogens is 2. The molecule has 4 rings (SSSR count). The van der Waals surface area contributed by atoms with Crippen LogP contribution in [0.2, 0.25) is 0 Å². The second kappa shape index (κ2) is 9.69. The summed E-state index contributed by atoms with van der Waals surface area (Å²) >= 11 is 6.94. The van der Waals surface area contributed by atoms with E-state index in [1.807, 2.05) is 66.7 Å². The maximum Gasteiger partial charge on any atom is 0.187 e. The van der Waals surface area contributed by atoms with E-state index in [0.717, 1.165) is 37.8 Å². The second-order valence-corrected chi connectivity index (χ2v) is 9.23. The molecule has 1 saturated heterocycles. The highest BCUT2D eigenvalue weighted by atomic mass is 79.9. The minimum atomic E-state index is 0.130. The summed E-state index contributed by atoms with van der Waals surface area (Å²) < 4.78 is 2.06. The first-order valence-electron chi connectivity index (χ1n) is 9.80. The number of hydrogen-bond acceptors (Lipinski definition) is 2. The molecule has 1 fully saturated rings. The standard InChI is InChI=1S/C26H21Br2NO/c27-24-10-6-19(7-11-24)14-22-17-29(16-21-4-2-1-3-5-21)18-23(26(22)30)15-20-8-12-25(28)13-9-20/h1-15H,16-18H2/b22-14+,23-15+. The summed E-state index contributed by atoms with van der Waals surface area (Å²) in [5.74, 6) is 0.130. The van der Waals surface area contributed by atoms with Gasteiger partial charge in [0.2, 0.25) is 0 Å². The highest BCUT2D eigenvalue weighted by Gasteiger charge is 2.26. The normalized spacial score (nSPS) is 17.6. The van der Waals surface area contributed by atoms with Crippen molar-refractivity contribution in [3.8, 4) is 0 Å². The van der Waals surface area contributed by atoms with Crippen molar-refractivity contribution in [3.05, 3.63) is 116 Å². The fraction of sp³-hybridized carbons (Fsp3) is 0.115. The van der Waals surface area contributed by atoms with E-state index in [2.05, 4.69) is 61.0 Å². The van der Waals surface area contributed by atoms with E-state index in [1.54, 1.807) is 0 Å². The lowest BCUT2D eigenvalue weighted by molar-refractivity contribution is -0.113. The van der Waals surface area contributed by atoms with E-state index >= 15 is 0 Å². The molecule has 3 aromatic rings. The topological polar surface area (TPSA) is 20.3 Å². The average Bonchev–Trinajstić information content (AvgIpc) is 2.75. The van der Waals surface area contributed by atoms with Gasteiger partial charge in [0.15, 0.2) is 5.78 Å². The Morgan fingerprint density at radius 2 is 1.17 bits per heavy atom. The van der Waals surface area contributed by atoms with Gasteiger partial charge in [0.25, 0.3) is 0 Å². The van der Waals surface area contributed by atoms with Crippen LogP contribution in [0.1, 0.15) is 16.7 Å². The van der Waals surface area contributed by atoms with E-state index in [9.17, 15) is 4.79 Å². The number of likely N-dealkylation sites (tertiary alicyclic amines) is 1. The maximum atomic E-state index is 13.3. The smallest absolute Gasteiger partial charge is 0.187 e. The Hall–Kier alpha value is -2.27. The summed E-state index contributed by atoms with van der Waals surface area (Å²) in [6.07, 6.45) is 4.03. The number of benzene rings is 3. The number of Topliss-reactive ketones (excluding diaryl/α,β-unsaturated/α-hetero) is 1. The minimum Gasteiger partial charge on any atom is -0.290 e. The van der Waals surface area contributed by atoms with Crippen molar-refractivity contribution in [2.45, 2.75) is 6.54 Å². The van der Waals surface area contributed by atoms with Gasteiger partial charge in [0, 0.05) is 39.7 Å². The summed E-state index contributed by atoms with van der Waals surface area (Å²) in [7, 11) is 0. The van der Waals surface area contributed by atoms with E-state index in [4.69, 9.17) is 0 Å². The average molecular weight is 523 g/mol. The van der Waals surface area contributed by atoms with Crippen LogP contribution in [-0.2, 0) is 11.3 Å². The van der Waals surface area contributed by atoms with Crippen molar-refractivity contribution in [2.24, 2.45) is 0 Å². The number of rotatable bonds is 4. The van der Waals surface area contributed by atoms with Crippen molar-refractivity contribution >= 4 is 49.8 Å². The number of hydrogen-bond donors (Lipinski definition) is 0. The Morgan fingerprint density at radius 1 is 0.700 bits per heavy atom. The van der Waals surface area contributed by atoms with Gasteiger partial charge < -0.3 is 0 Å². The molecule has 2 nitrogen and oxygen atoms in total. The number of piperidine rings is 1. The van der Waals surface area contributed by atoms with Gasteiger partial charge >= 0.3 is 0 Å². The van der Waals surface area contributed by atoms with Crippen LogP contribution in [0.15, 0.2) is 99.0 Å². The Bertz CT molecular complexity index is 1020. The Morgan fingerprint density at radius 3 is 1.63 bits per heavy atom. The quantitative estimate of drug-likeness (QED) is 0.352. The predicted octanol–water partition coefficient (Wildman–Crippen LogP) is 6.76. The predicted molar refractivity (Wildman–Crippen MR) is 131 cm³/mol. The zero-order chi connectivity index (χ0) is 20.9. The van der Waals surface area contributed by atoms with Crippen LogP contribution in [0.4, 0.5) is 0 Å².